The molecule has 1 aromatic carbocycles. The van der Waals surface area contributed by atoms with Crippen LogP contribution in [0.3, 0.4) is 0 Å². The maximum Gasteiger partial charge on any atom is 0.291 e. The number of amides is 1. The number of hydrogen-bond donors (Lipinski definition) is 1. The molecule has 0 saturated heterocycles. The smallest absolute Gasteiger partial charge is 0.291 e. The molecule has 1 amide bonds. The average Bonchev–Trinajstić information content (AvgIpc) is 3.08. The molecule has 0 unspecified atom stereocenters. The molecule has 3 rings (SSSR count). The van der Waals surface area contributed by atoms with Gasteiger partial charge in [-0.1, -0.05) is 12.1 Å². The number of benzene rings is 1. The van der Waals surface area contributed by atoms with Gasteiger partial charge in [0.25, 0.3) is 5.91 Å². The van der Waals surface area contributed by atoms with Gasteiger partial charge >= 0.3 is 0 Å². The molecule has 0 atom stereocenters. The molecule has 2 aromatic heterocycles. The number of carbonyl (C=O) groups is 1. The summed E-state index contributed by atoms with van der Waals surface area (Å²) < 4.78 is 5.17. The highest BCUT2D eigenvalue weighted by molar-refractivity contribution is 7.09. The second-order valence-electron chi connectivity index (χ2n) is 4.72. The lowest BCUT2D eigenvalue weighted by Gasteiger charge is -2.05. The van der Waals surface area contributed by atoms with Crippen molar-refractivity contribution in [3.63, 3.8) is 0 Å². The Kier molecular flexibility index (Phi) is 3.58. The van der Waals surface area contributed by atoms with E-state index in [9.17, 15) is 4.79 Å². The second-order valence-corrected chi connectivity index (χ2v) is 5.78. The molecule has 0 aliphatic rings. The van der Waals surface area contributed by atoms with E-state index in [1.165, 1.54) is 6.26 Å². The van der Waals surface area contributed by atoms with Gasteiger partial charge in [-0.25, -0.2) is 4.98 Å². The van der Waals surface area contributed by atoms with Crippen LogP contribution in [0, 0.1) is 13.8 Å². The number of nitrogens with one attached hydrogen (secondary N) is 1. The molecule has 21 heavy (non-hydrogen) atoms. The first-order valence-electron chi connectivity index (χ1n) is 6.51. The van der Waals surface area contributed by atoms with Gasteiger partial charge in [-0.15, -0.1) is 11.3 Å². The lowest BCUT2D eigenvalue weighted by molar-refractivity contribution is 0.0996. The van der Waals surface area contributed by atoms with Crippen molar-refractivity contribution in [2.45, 2.75) is 13.8 Å². The monoisotopic (exact) mass is 298 g/mol. The molecule has 0 saturated carbocycles. The zero-order valence-corrected chi connectivity index (χ0v) is 12.5. The standard InChI is InChI=1S/C16H14N2O2S/c1-10-7-8-20-15(10)16(19)18-13-5-3-12(4-6-13)14-9-21-11(2)17-14/h3-9H,1-2H3,(H,18,19). The van der Waals surface area contributed by atoms with Gasteiger partial charge in [0.05, 0.1) is 17.0 Å². The number of furan rings is 1. The van der Waals surface area contributed by atoms with Crippen LogP contribution >= 0.6 is 11.3 Å². The molecule has 4 nitrogen and oxygen atoms in total. The fraction of sp³-hybridized carbons (Fsp3) is 0.125. The number of carbonyl (C=O) groups excluding carboxylic acids is 1. The number of hydrogen-bond acceptors (Lipinski definition) is 4. The van der Waals surface area contributed by atoms with Crippen molar-refractivity contribution in [1.29, 1.82) is 0 Å². The summed E-state index contributed by atoms with van der Waals surface area (Å²) in [6, 6.07) is 9.38. The number of aryl methyl sites for hydroxylation is 2. The summed E-state index contributed by atoms with van der Waals surface area (Å²) in [5.74, 6) is 0.101. The summed E-state index contributed by atoms with van der Waals surface area (Å²) in [6.45, 7) is 3.82. The largest absolute Gasteiger partial charge is 0.459 e. The molecule has 3 aromatic rings. The lowest BCUT2D eigenvalue weighted by Crippen LogP contribution is -2.11. The fourth-order valence-electron chi connectivity index (χ4n) is 2.01. The fourth-order valence-corrected chi connectivity index (χ4v) is 2.64. The Bertz CT molecular complexity index is 772. The Morgan fingerprint density at radius 1 is 1.19 bits per heavy atom. The van der Waals surface area contributed by atoms with E-state index in [-0.39, 0.29) is 5.91 Å². The summed E-state index contributed by atoms with van der Waals surface area (Å²) >= 11 is 1.62. The van der Waals surface area contributed by atoms with E-state index < -0.39 is 0 Å². The molecule has 0 radical (unpaired) electrons. The molecular weight excluding hydrogens is 284 g/mol. The van der Waals surface area contributed by atoms with Crippen LogP contribution in [0.1, 0.15) is 21.1 Å². The van der Waals surface area contributed by atoms with Gasteiger partial charge in [0.2, 0.25) is 0 Å². The van der Waals surface area contributed by atoms with E-state index in [4.69, 9.17) is 4.42 Å². The predicted octanol–water partition coefficient (Wildman–Crippen LogP) is 4.27. The van der Waals surface area contributed by atoms with Gasteiger partial charge in [0.15, 0.2) is 5.76 Å². The van der Waals surface area contributed by atoms with E-state index in [1.54, 1.807) is 17.4 Å². The van der Waals surface area contributed by atoms with Gasteiger partial charge < -0.3 is 9.73 Å². The van der Waals surface area contributed by atoms with Crippen LogP contribution in [0.4, 0.5) is 5.69 Å². The Morgan fingerprint density at radius 2 is 1.95 bits per heavy atom. The minimum absolute atomic E-state index is 0.241. The lowest BCUT2D eigenvalue weighted by atomic mass is 10.1. The topological polar surface area (TPSA) is 55.1 Å². The van der Waals surface area contributed by atoms with Crippen molar-refractivity contribution >= 4 is 22.9 Å². The molecule has 0 aliphatic heterocycles. The highest BCUT2D eigenvalue weighted by Gasteiger charge is 2.12. The molecule has 1 N–H and O–H groups in total. The van der Waals surface area contributed by atoms with Gasteiger partial charge in [-0.2, -0.15) is 0 Å². The molecular formula is C16H14N2O2S. The highest BCUT2D eigenvalue weighted by atomic mass is 32.1. The van der Waals surface area contributed by atoms with E-state index >= 15 is 0 Å². The van der Waals surface area contributed by atoms with Crippen LogP contribution in [-0.2, 0) is 0 Å². The zero-order chi connectivity index (χ0) is 14.8. The summed E-state index contributed by atoms with van der Waals surface area (Å²) in [7, 11) is 0. The molecule has 0 spiro atoms. The first-order valence-corrected chi connectivity index (χ1v) is 7.39. The minimum Gasteiger partial charge on any atom is -0.459 e. The molecule has 106 valence electrons. The van der Waals surface area contributed by atoms with Crippen LogP contribution in [0.5, 0.6) is 0 Å². The van der Waals surface area contributed by atoms with E-state index in [0.717, 1.165) is 27.5 Å². The third-order valence-electron chi connectivity index (χ3n) is 3.13. The van der Waals surface area contributed by atoms with E-state index in [0.29, 0.717) is 5.76 Å². The molecule has 0 aliphatic carbocycles. The second kappa shape index (κ2) is 5.54. The van der Waals surface area contributed by atoms with Crippen LogP contribution < -0.4 is 5.32 Å². The van der Waals surface area contributed by atoms with E-state index in [1.807, 2.05) is 43.5 Å². The van der Waals surface area contributed by atoms with Gasteiger partial charge in [0.1, 0.15) is 0 Å². The van der Waals surface area contributed by atoms with Crippen molar-refractivity contribution in [2.75, 3.05) is 5.32 Å². The number of nitrogens with zero attached hydrogens (tertiary/aromatic N) is 1. The summed E-state index contributed by atoms with van der Waals surface area (Å²) in [5, 5.41) is 5.88. The van der Waals surface area contributed by atoms with Gasteiger partial charge in [-0.3, -0.25) is 4.79 Å². The third-order valence-corrected chi connectivity index (χ3v) is 3.90. The van der Waals surface area contributed by atoms with E-state index in [2.05, 4.69) is 10.3 Å². The first-order chi connectivity index (χ1) is 10.1. The number of aromatic nitrogens is 1. The first kappa shape index (κ1) is 13.6. The van der Waals surface area contributed by atoms with Crippen molar-refractivity contribution in [3.8, 4) is 11.3 Å². The maximum absolute atomic E-state index is 12.0. The average molecular weight is 298 g/mol. The third kappa shape index (κ3) is 2.87. The van der Waals surface area contributed by atoms with Crippen molar-refractivity contribution in [3.05, 3.63) is 58.3 Å². The van der Waals surface area contributed by atoms with Crippen LogP contribution in [0.15, 0.2) is 46.4 Å². The maximum atomic E-state index is 12.0. The van der Waals surface area contributed by atoms with Crippen LogP contribution in [-0.4, -0.2) is 10.9 Å². The number of anilines is 1. The minimum atomic E-state index is -0.241. The van der Waals surface area contributed by atoms with Gasteiger partial charge in [-0.05, 0) is 32.0 Å². The predicted molar refractivity (Wildman–Crippen MR) is 83.7 cm³/mol. The Labute approximate surface area is 126 Å². The summed E-state index contributed by atoms with van der Waals surface area (Å²) in [4.78, 5) is 16.5. The number of rotatable bonds is 3. The highest BCUT2D eigenvalue weighted by Crippen LogP contribution is 2.23. The number of thiazole rings is 1. The quantitative estimate of drug-likeness (QED) is 0.785. The molecule has 0 fully saturated rings. The molecule has 5 heteroatoms. The summed E-state index contributed by atoms with van der Waals surface area (Å²) in [5.41, 5.74) is 3.54. The van der Waals surface area contributed by atoms with Crippen molar-refractivity contribution in [2.24, 2.45) is 0 Å². The SMILES string of the molecule is Cc1nc(-c2ccc(NC(=O)c3occc3C)cc2)cs1. The van der Waals surface area contributed by atoms with Crippen LogP contribution in [0.25, 0.3) is 11.3 Å². The Hall–Kier alpha value is -2.40. The van der Waals surface area contributed by atoms with Crippen molar-refractivity contribution in [1.82, 2.24) is 4.98 Å². The Morgan fingerprint density at radius 3 is 2.52 bits per heavy atom. The zero-order valence-electron chi connectivity index (χ0n) is 11.7. The Balaban J connectivity index is 1.76. The van der Waals surface area contributed by atoms with Crippen molar-refractivity contribution < 1.29 is 9.21 Å². The summed E-state index contributed by atoms with van der Waals surface area (Å²) in [6.07, 6.45) is 1.51. The normalized spacial score (nSPS) is 10.6. The van der Waals surface area contributed by atoms with Crippen LogP contribution in [0.2, 0.25) is 0 Å². The molecule has 0 bridgehead atoms. The molecule has 2 heterocycles. The van der Waals surface area contributed by atoms with Gasteiger partial charge in [0, 0.05) is 22.2 Å².